The number of guanidine groups is 1. The number of aromatic nitrogens is 2. The van der Waals surface area contributed by atoms with Crippen LogP contribution in [-0.4, -0.2) is 48.5 Å². The maximum atomic E-state index is 11.3. The third-order valence-electron chi connectivity index (χ3n) is 4.03. The van der Waals surface area contributed by atoms with Gasteiger partial charge in [-0.15, -0.1) is 0 Å². The Balaban J connectivity index is 1.99. The van der Waals surface area contributed by atoms with Gasteiger partial charge >= 0.3 is 0 Å². The minimum atomic E-state index is -2.96. The van der Waals surface area contributed by atoms with Crippen molar-refractivity contribution in [1.82, 2.24) is 20.2 Å². The molecule has 0 fully saturated rings. The summed E-state index contributed by atoms with van der Waals surface area (Å²) >= 11 is 0. The third-order valence-corrected chi connectivity index (χ3v) is 5.00. The maximum absolute atomic E-state index is 11.3. The number of hydrogen-bond acceptors (Lipinski definition) is 4. The smallest absolute Gasteiger partial charge is 0.191 e. The zero-order valence-electron chi connectivity index (χ0n) is 16.2. The Kier molecular flexibility index (Phi) is 7.84. The summed E-state index contributed by atoms with van der Waals surface area (Å²) in [6, 6.07) is 10.2. The van der Waals surface area contributed by atoms with E-state index in [2.05, 4.69) is 37.3 Å². The third kappa shape index (κ3) is 7.82. The van der Waals surface area contributed by atoms with Crippen molar-refractivity contribution in [2.45, 2.75) is 39.4 Å². The lowest BCUT2D eigenvalue weighted by molar-refractivity contribution is 0.581. The van der Waals surface area contributed by atoms with Crippen LogP contribution in [0.4, 0.5) is 0 Å². The first-order valence-corrected chi connectivity index (χ1v) is 11.2. The van der Waals surface area contributed by atoms with E-state index in [1.807, 2.05) is 38.2 Å². The molecule has 0 saturated heterocycles. The first kappa shape index (κ1) is 21.0. The summed E-state index contributed by atoms with van der Waals surface area (Å²) in [5, 5.41) is 6.45. The van der Waals surface area contributed by atoms with Crippen molar-refractivity contribution >= 4 is 15.8 Å². The number of nitrogens with zero attached hydrogens (tertiary/aromatic N) is 3. The van der Waals surface area contributed by atoms with Crippen LogP contribution in [0, 0.1) is 0 Å². The summed E-state index contributed by atoms with van der Waals surface area (Å²) in [5.41, 5.74) is 1.21. The molecule has 0 amide bonds. The van der Waals surface area contributed by atoms with E-state index in [1.54, 1.807) is 6.20 Å². The largest absolute Gasteiger partial charge is 0.357 e. The molecular formula is C19H29N5O2S. The highest BCUT2D eigenvalue weighted by Crippen LogP contribution is 2.06. The van der Waals surface area contributed by atoms with E-state index in [9.17, 15) is 8.42 Å². The Labute approximate surface area is 161 Å². The molecule has 0 radical (unpaired) electrons. The van der Waals surface area contributed by atoms with Gasteiger partial charge in [-0.3, -0.25) is 0 Å². The quantitative estimate of drug-likeness (QED) is 0.503. The summed E-state index contributed by atoms with van der Waals surface area (Å²) in [5.74, 6) is 1.69. The lowest BCUT2D eigenvalue weighted by Gasteiger charge is -2.17. The van der Waals surface area contributed by atoms with E-state index in [1.165, 1.54) is 11.8 Å². The fourth-order valence-electron chi connectivity index (χ4n) is 2.58. The highest BCUT2D eigenvalue weighted by molar-refractivity contribution is 7.90. The fourth-order valence-corrected chi connectivity index (χ4v) is 3.36. The van der Waals surface area contributed by atoms with Crippen molar-refractivity contribution in [2.24, 2.45) is 4.99 Å². The number of benzene rings is 1. The molecule has 148 valence electrons. The van der Waals surface area contributed by atoms with Gasteiger partial charge in [-0.2, -0.15) is 0 Å². The standard InChI is InChI=1S/C19H29N5O2S/c1-4-20-19(23-16(2)10-13-27(3,25)26)22-14-18-21-11-12-24(18)15-17-8-6-5-7-9-17/h5-9,11-12,16H,4,10,13-15H2,1-3H3,(H2,20,22,23). The van der Waals surface area contributed by atoms with Crippen molar-refractivity contribution in [3.05, 3.63) is 54.1 Å². The molecule has 0 aliphatic carbocycles. The number of sulfone groups is 1. The van der Waals surface area contributed by atoms with E-state index in [-0.39, 0.29) is 11.8 Å². The van der Waals surface area contributed by atoms with Crippen LogP contribution in [0.2, 0.25) is 0 Å². The first-order chi connectivity index (χ1) is 12.9. The summed E-state index contributed by atoms with van der Waals surface area (Å²) in [6.07, 6.45) is 5.52. The molecule has 2 rings (SSSR count). The van der Waals surface area contributed by atoms with Gasteiger partial charge in [-0.05, 0) is 25.8 Å². The van der Waals surface area contributed by atoms with Gasteiger partial charge in [0, 0.05) is 37.8 Å². The molecule has 1 aromatic carbocycles. The Morgan fingerprint density at radius 2 is 2.04 bits per heavy atom. The van der Waals surface area contributed by atoms with Crippen molar-refractivity contribution in [2.75, 3.05) is 18.6 Å². The van der Waals surface area contributed by atoms with Crippen molar-refractivity contribution in [3.63, 3.8) is 0 Å². The number of hydrogen-bond donors (Lipinski definition) is 2. The van der Waals surface area contributed by atoms with Gasteiger partial charge in [-0.25, -0.2) is 18.4 Å². The van der Waals surface area contributed by atoms with E-state index >= 15 is 0 Å². The second-order valence-electron chi connectivity index (χ2n) is 6.62. The fraction of sp³-hybridized carbons (Fsp3) is 0.474. The average Bonchev–Trinajstić information content (AvgIpc) is 3.05. The van der Waals surface area contributed by atoms with Crippen LogP contribution >= 0.6 is 0 Å². The molecule has 27 heavy (non-hydrogen) atoms. The lowest BCUT2D eigenvalue weighted by Crippen LogP contribution is -2.42. The highest BCUT2D eigenvalue weighted by atomic mass is 32.2. The molecule has 1 aromatic heterocycles. The predicted octanol–water partition coefficient (Wildman–Crippen LogP) is 1.81. The van der Waals surface area contributed by atoms with Gasteiger partial charge in [0.1, 0.15) is 22.2 Å². The van der Waals surface area contributed by atoms with Crippen LogP contribution in [0.3, 0.4) is 0 Å². The Hall–Kier alpha value is -2.35. The average molecular weight is 392 g/mol. The molecule has 0 bridgehead atoms. The van der Waals surface area contributed by atoms with Gasteiger partial charge < -0.3 is 15.2 Å². The molecule has 1 heterocycles. The van der Waals surface area contributed by atoms with Gasteiger partial charge in [0.25, 0.3) is 0 Å². The normalized spacial score (nSPS) is 13.4. The Morgan fingerprint density at radius 1 is 1.30 bits per heavy atom. The molecule has 1 unspecified atom stereocenters. The minimum Gasteiger partial charge on any atom is -0.357 e. The van der Waals surface area contributed by atoms with E-state index < -0.39 is 9.84 Å². The molecule has 2 N–H and O–H groups in total. The number of imidazole rings is 1. The van der Waals surface area contributed by atoms with Crippen LogP contribution in [0.5, 0.6) is 0 Å². The molecule has 8 heteroatoms. The molecule has 0 aliphatic rings. The van der Waals surface area contributed by atoms with Gasteiger partial charge in [0.15, 0.2) is 5.96 Å². The second kappa shape index (κ2) is 10.1. The maximum Gasteiger partial charge on any atom is 0.191 e. The molecule has 7 nitrogen and oxygen atoms in total. The number of aliphatic imine (C=N–C) groups is 1. The summed E-state index contributed by atoms with van der Waals surface area (Å²) in [4.78, 5) is 9.02. The summed E-state index contributed by atoms with van der Waals surface area (Å²) in [6.45, 7) is 5.86. The topological polar surface area (TPSA) is 88.4 Å². The highest BCUT2D eigenvalue weighted by Gasteiger charge is 2.10. The zero-order valence-corrected chi connectivity index (χ0v) is 17.0. The van der Waals surface area contributed by atoms with E-state index in [0.29, 0.717) is 18.9 Å². The predicted molar refractivity (Wildman–Crippen MR) is 110 cm³/mol. The van der Waals surface area contributed by atoms with Gasteiger partial charge in [0.2, 0.25) is 0 Å². The lowest BCUT2D eigenvalue weighted by atomic mass is 10.2. The monoisotopic (exact) mass is 391 g/mol. The zero-order chi connectivity index (χ0) is 19.7. The molecule has 1 atom stereocenters. The molecule has 2 aromatic rings. The van der Waals surface area contributed by atoms with Crippen molar-refractivity contribution < 1.29 is 8.42 Å². The Bertz CT molecular complexity index is 831. The molecule has 0 aliphatic heterocycles. The summed E-state index contributed by atoms with van der Waals surface area (Å²) < 4.78 is 24.7. The van der Waals surface area contributed by atoms with Crippen molar-refractivity contribution in [3.8, 4) is 0 Å². The van der Waals surface area contributed by atoms with Crippen LogP contribution in [0.25, 0.3) is 0 Å². The molecule has 0 saturated carbocycles. The Morgan fingerprint density at radius 3 is 2.70 bits per heavy atom. The van der Waals surface area contributed by atoms with Crippen LogP contribution in [-0.2, 0) is 22.9 Å². The van der Waals surface area contributed by atoms with Gasteiger partial charge in [-0.1, -0.05) is 30.3 Å². The van der Waals surface area contributed by atoms with E-state index in [0.717, 1.165) is 18.9 Å². The van der Waals surface area contributed by atoms with Gasteiger partial charge in [0.05, 0.1) is 5.75 Å². The summed E-state index contributed by atoms with van der Waals surface area (Å²) in [7, 11) is -2.96. The number of nitrogens with one attached hydrogen (secondary N) is 2. The number of rotatable bonds is 9. The molecule has 0 spiro atoms. The first-order valence-electron chi connectivity index (χ1n) is 9.14. The van der Waals surface area contributed by atoms with Crippen LogP contribution < -0.4 is 10.6 Å². The second-order valence-corrected chi connectivity index (χ2v) is 8.88. The van der Waals surface area contributed by atoms with E-state index in [4.69, 9.17) is 0 Å². The van der Waals surface area contributed by atoms with Crippen molar-refractivity contribution in [1.29, 1.82) is 0 Å². The molecular weight excluding hydrogens is 362 g/mol. The van der Waals surface area contributed by atoms with Crippen LogP contribution in [0.15, 0.2) is 47.7 Å². The SMILES string of the molecule is CCNC(=NCc1nccn1Cc1ccccc1)NC(C)CCS(C)(=O)=O. The minimum absolute atomic E-state index is 0.00147. The van der Waals surface area contributed by atoms with Crippen LogP contribution in [0.1, 0.15) is 31.7 Å².